The van der Waals surface area contributed by atoms with Crippen molar-refractivity contribution in [3.8, 4) is 22.6 Å². The molecular weight excluding hydrogens is 817 g/mol. The van der Waals surface area contributed by atoms with Gasteiger partial charge in [-0.15, -0.1) is 0 Å². The maximum atomic E-state index is 7.31. The molecule has 4 heteroatoms. The van der Waals surface area contributed by atoms with Crippen LogP contribution in [-0.2, 0) is 5.41 Å². The Balaban J connectivity index is 1.07. The number of hydrogen-bond acceptors (Lipinski definition) is 4. The summed E-state index contributed by atoms with van der Waals surface area (Å²) in [5.74, 6) is 1.68. The molecule has 4 nitrogen and oxygen atoms in total. The van der Waals surface area contributed by atoms with E-state index < -0.39 is 5.41 Å². The lowest BCUT2D eigenvalue weighted by atomic mass is 9.66. The third-order valence-corrected chi connectivity index (χ3v) is 14.1. The highest BCUT2D eigenvalue weighted by Crippen LogP contribution is 2.64. The van der Waals surface area contributed by atoms with Gasteiger partial charge in [-0.1, -0.05) is 182 Å². The summed E-state index contributed by atoms with van der Waals surface area (Å²) in [6.45, 7) is 0. The first-order chi connectivity index (χ1) is 33.3. The molecule has 0 amide bonds. The molecule has 1 spiro atoms. The fourth-order valence-corrected chi connectivity index (χ4v) is 11.4. The Morgan fingerprint density at radius 3 is 1.27 bits per heavy atom. The minimum atomic E-state index is -0.608. The van der Waals surface area contributed by atoms with Crippen molar-refractivity contribution in [1.82, 2.24) is 0 Å². The van der Waals surface area contributed by atoms with Gasteiger partial charge in [0, 0.05) is 60.5 Å². The number of ether oxygens (including phenoxy) is 1. The summed E-state index contributed by atoms with van der Waals surface area (Å²) < 4.78 is 14.5. The van der Waals surface area contributed by atoms with Gasteiger partial charge in [0.1, 0.15) is 16.9 Å². The first-order valence-electron chi connectivity index (χ1n) is 22.9. The van der Waals surface area contributed by atoms with Crippen LogP contribution >= 0.6 is 0 Å². The van der Waals surface area contributed by atoms with Gasteiger partial charge in [-0.3, -0.25) is 0 Å². The second kappa shape index (κ2) is 14.6. The topological polar surface area (TPSA) is 28.9 Å². The minimum Gasteiger partial charge on any atom is -0.455 e. The molecule has 1 aliphatic carbocycles. The third kappa shape index (κ3) is 5.35. The molecule has 0 saturated carbocycles. The number of hydrogen-bond donors (Lipinski definition) is 0. The normalized spacial score (nSPS) is 13.0. The van der Waals surface area contributed by atoms with Gasteiger partial charge in [-0.2, -0.15) is 0 Å². The van der Waals surface area contributed by atoms with E-state index in [0.717, 1.165) is 100 Å². The van der Waals surface area contributed by atoms with Gasteiger partial charge in [0.15, 0.2) is 5.75 Å². The first-order valence-corrected chi connectivity index (χ1v) is 22.9. The predicted molar refractivity (Wildman–Crippen MR) is 275 cm³/mol. The maximum absolute atomic E-state index is 7.31. The van der Waals surface area contributed by atoms with Crippen LogP contribution in [0.25, 0.3) is 54.6 Å². The van der Waals surface area contributed by atoms with E-state index in [1.54, 1.807) is 0 Å². The summed E-state index contributed by atoms with van der Waals surface area (Å²) in [6.07, 6.45) is 0. The number of benzene rings is 11. The lowest BCUT2D eigenvalue weighted by Crippen LogP contribution is -2.32. The fourth-order valence-electron chi connectivity index (χ4n) is 11.4. The molecule has 2 aliphatic rings. The second-order valence-electron chi connectivity index (χ2n) is 17.5. The molecule has 14 rings (SSSR count). The van der Waals surface area contributed by atoms with Crippen LogP contribution in [0.15, 0.2) is 247 Å². The van der Waals surface area contributed by atoms with Crippen LogP contribution in [0.2, 0.25) is 0 Å². The van der Waals surface area contributed by atoms with Crippen LogP contribution in [-0.4, -0.2) is 0 Å². The van der Waals surface area contributed by atoms with Crippen molar-refractivity contribution in [3.05, 3.63) is 265 Å². The number of para-hydroxylation sites is 5. The van der Waals surface area contributed by atoms with Crippen molar-refractivity contribution in [2.75, 3.05) is 9.80 Å². The van der Waals surface area contributed by atoms with Crippen LogP contribution in [0, 0.1) is 0 Å². The quantitative estimate of drug-likeness (QED) is 0.167. The molecule has 0 atom stereocenters. The molecule has 0 saturated heterocycles. The lowest BCUT2D eigenvalue weighted by Gasteiger charge is -2.41. The van der Waals surface area contributed by atoms with E-state index in [2.05, 4.69) is 252 Å². The average Bonchev–Trinajstić information content (AvgIpc) is 3.92. The summed E-state index contributed by atoms with van der Waals surface area (Å²) in [6, 6.07) is 87.1. The molecule has 1 aliphatic heterocycles. The van der Waals surface area contributed by atoms with E-state index in [9.17, 15) is 0 Å². The number of furan rings is 1. The van der Waals surface area contributed by atoms with Gasteiger partial charge >= 0.3 is 0 Å². The van der Waals surface area contributed by atoms with E-state index in [4.69, 9.17) is 9.15 Å². The second-order valence-corrected chi connectivity index (χ2v) is 17.5. The van der Waals surface area contributed by atoms with Crippen LogP contribution in [0.3, 0.4) is 0 Å². The Kier molecular flexibility index (Phi) is 8.16. The zero-order valence-electron chi connectivity index (χ0n) is 36.3. The van der Waals surface area contributed by atoms with Gasteiger partial charge in [-0.05, 0) is 82.9 Å². The standard InChI is InChI=1S/C63H40N2O2/c1-4-21-41(22-5-1)64(42-23-6-2-7-24-42)57-39-50-51-40-58(47-30-11-13-32-49(47)61(51)67-60(50)48-31-12-10-29-46(48)57)65(43-25-8-3-9-26-43)56-37-20-36-55-62(56)66-59-38-19-18-35-54(59)63(55)52-33-16-14-27-44(52)45-28-15-17-34-53(45)63/h1-40H. The van der Waals surface area contributed by atoms with Gasteiger partial charge in [-0.25, -0.2) is 0 Å². The molecule has 1 aromatic heterocycles. The van der Waals surface area contributed by atoms with Crippen LogP contribution in [0.1, 0.15) is 22.3 Å². The van der Waals surface area contributed by atoms with Gasteiger partial charge < -0.3 is 19.0 Å². The molecule has 67 heavy (non-hydrogen) atoms. The van der Waals surface area contributed by atoms with Crippen LogP contribution < -0.4 is 14.5 Å². The zero-order valence-corrected chi connectivity index (χ0v) is 36.3. The van der Waals surface area contributed by atoms with Crippen molar-refractivity contribution in [2.24, 2.45) is 0 Å². The molecule has 0 unspecified atom stereocenters. The molecule has 0 N–H and O–H groups in total. The molecule has 12 aromatic rings. The average molecular weight is 857 g/mol. The SMILES string of the molecule is c1ccc(N(c2ccccc2)c2cc3c4cc(N(c5ccccc5)c5cccc6c5Oc5ccccc5C65c6ccccc6-c6ccccc65)c5ccccc5c4oc3c3ccccc23)cc1. The molecule has 314 valence electrons. The Labute approximate surface area is 387 Å². The highest BCUT2D eigenvalue weighted by molar-refractivity contribution is 6.25. The van der Waals surface area contributed by atoms with E-state index in [1.165, 1.54) is 22.3 Å². The molecule has 2 heterocycles. The van der Waals surface area contributed by atoms with Crippen molar-refractivity contribution in [3.63, 3.8) is 0 Å². The van der Waals surface area contributed by atoms with Crippen LogP contribution in [0.5, 0.6) is 11.5 Å². The molecule has 0 bridgehead atoms. The van der Waals surface area contributed by atoms with Crippen molar-refractivity contribution < 1.29 is 9.15 Å². The molecule has 0 fully saturated rings. The number of nitrogens with zero attached hydrogens (tertiary/aromatic N) is 2. The molecule has 11 aromatic carbocycles. The van der Waals surface area contributed by atoms with Crippen molar-refractivity contribution in [2.45, 2.75) is 5.41 Å². The minimum absolute atomic E-state index is 0.608. The van der Waals surface area contributed by atoms with Crippen molar-refractivity contribution >= 4 is 77.6 Å². The monoisotopic (exact) mass is 856 g/mol. The third-order valence-electron chi connectivity index (χ3n) is 14.1. The Bertz CT molecular complexity index is 3830. The number of fused-ring (bicyclic) bond motifs is 16. The van der Waals surface area contributed by atoms with E-state index >= 15 is 0 Å². The summed E-state index contributed by atoms with van der Waals surface area (Å²) >= 11 is 0. The highest BCUT2D eigenvalue weighted by Gasteiger charge is 2.51. The fraction of sp³-hybridized carbons (Fsp3) is 0.0159. The van der Waals surface area contributed by atoms with Crippen LogP contribution in [0.4, 0.5) is 34.1 Å². The maximum Gasteiger partial charge on any atom is 0.156 e. The molecule has 0 radical (unpaired) electrons. The number of anilines is 6. The smallest absolute Gasteiger partial charge is 0.156 e. The predicted octanol–water partition coefficient (Wildman–Crippen LogP) is 17.3. The van der Waals surface area contributed by atoms with Gasteiger partial charge in [0.2, 0.25) is 0 Å². The Hall–Kier alpha value is -8.86. The van der Waals surface area contributed by atoms with Gasteiger partial charge in [0.25, 0.3) is 0 Å². The molecular formula is C63H40N2O2. The lowest BCUT2D eigenvalue weighted by molar-refractivity contribution is 0.437. The summed E-state index contributed by atoms with van der Waals surface area (Å²) in [7, 11) is 0. The Morgan fingerprint density at radius 1 is 0.299 bits per heavy atom. The largest absolute Gasteiger partial charge is 0.455 e. The highest BCUT2D eigenvalue weighted by atomic mass is 16.5. The zero-order chi connectivity index (χ0) is 44.1. The summed E-state index contributed by atoms with van der Waals surface area (Å²) in [4.78, 5) is 4.76. The summed E-state index contributed by atoms with van der Waals surface area (Å²) in [5, 5.41) is 6.34. The van der Waals surface area contributed by atoms with E-state index in [1.807, 2.05) is 0 Å². The summed E-state index contributed by atoms with van der Waals surface area (Å²) in [5.41, 5.74) is 14.6. The first kappa shape index (κ1) is 37.5. The van der Waals surface area contributed by atoms with E-state index in [-0.39, 0.29) is 0 Å². The van der Waals surface area contributed by atoms with Crippen molar-refractivity contribution in [1.29, 1.82) is 0 Å². The van der Waals surface area contributed by atoms with E-state index in [0.29, 0.717) is 0 Å². The number of rotatable bonds is 6. The van der Waals surface area contributed by atoms with Gasteiger partial charge in [0.05, 0.1) is 22.5 Å². The Morgan fingerprint density at radius 2 is 0.716 bits per heavy atom.